The van der Waals surface area contributed by atoms with Crippen LogP contribution in [0.5, 0.6) is 5.75 Å². The lowest BCUT2D eigenvalue weighted by atomic mass is 9.84. The summed E-state index contributed by atoms with van der Waals surface area (Å²) < 4.78 is 18.4. The number of thiazole rings is 1. The molecule has 0 aliphatic carbocycles. The number of hydrogen-bond donors (Lipinski definition) is 5. The highest BCUT2D eigenvalue weighted by atomic mass is 32.2. The van der Waals surface area contributed by atoms with Gasteiger partial charge in [-0.15, -0.1) is 11.3 Å². The van der Waals surface area contributed by atoms with Crippen LogP contribution in [0.4, 0.5) is 10.9 Å². The van der Waals surface area contributed by atoms with Crippen LogP contribution in [0.1, 0.15) is 38.4 Å². The van der Waals surface area contributed by atoms with Crippen molar-refractivity contribution in [1.82, 2.24) is 15.4 Å². The maximum Gasteiger partial charge on any atom is 0.276 e. The van der Waals surface area contributed by atoms with Crippen molar-refractivity contribution in [2.75, 3.05) is 31.2 Å². The number of hydrogen-bond acceptors (Lipinski definition) is 14. The number of aryl methyl sites for hydroxylation is 2. The first-order valence-corrected chi connectivity index (χ1v) is 16.9. The highest BCUT2D eigenvalue weighted by Gasteiger charge is 2.57. The first-order chi connectivity index (χ1) is 23.0. The van der Waals surface area contributed by atoms with Crippen molar-refractivity contribution in [3.05, 3.63) is 53.2 Å². The number of aromatic nitrogens is 2. The lowest BCUT2D eigenvalue weighted by Gasteiger charge is -2.50. The second-order valence-corrected chi connectivity index (χ2v) is 13.6. The molecule has 3 atom stereocenters. The number of amides is 2. The molecule has 17 heteroatoms. The first-order valence-electron chi connectivity index (χ1n) is 15.4. The van der Waals surface area contributed by atoms with Gasteiger partial charge < -0.3 is 32.1 Å². The SMILES string of the molecule is COSON1C(=O)C(NC(=O)/C(=N\OC(C)C2CCc3cc(-c4ccc(NC(CN)CN)[n+](C)c4)ccc3O2)c2csc(N)n2)C1(C)C. The fraction of sp³-hybridized carbons (Fsp3) is 0.452. The number of rotatable bonds is 14. The van der Waals surface area contributed by atoms with E-state index < -0.39 is 29.5 Å². The van der Waals surface area contributed by atoms with E-state index >= 15 is 0 Å². The topological polar surface area (TPSA) is 206 Å². The van der Waals surface area contributed by atoms with E-state index in [9.17, 15) is 9.59 Å². The number of carbonyl (C=O) groups is 2. The summed E-state index contributed by atoms with van der Waals surface area (Å²) in [6, 6.07) is 9.33. The second kappa shape index (κ2) is 15.0. The minimum Gasteiger partial charge on any atom is -0.486 e. The van der Waals surface area contributed by atoms with Gasteiger partial charge in [0.05, 0.1) is 25.9 Å². The maximum atomic E-state index is 13.4. The van der Waals surface area contributed by atoms with Gasteiger partial charge in [-0.3, -0.25) is 19.1 Å². The van der Waals surface area contributed by atoms with Crippen molar-refractivity contribution in [2.45, 2.75) is 63.4 Å². The highest BCUT2D eigenvalue weighted by molar-refractivity contribution is 7.89. The summed E-state index contributed by atoms with van der Waals surface area (Å²) in [7, 11) is 3.39. The first kappa shape index (κ1) is 35.3. The molecular weight excluding hydrogens is 659 g/mol. The van der Waals surface area contributed by atoms with E-state index in [4.69, 9.17) is 35.2 Å². The quantitative estimate of drug-likeness (QED) is 0.0536. The van der Waals surface area contributed by atoms with E-state index in [1.165, 1.54) is 7.11 Å². The van der Waals surface area contributed by atoms with Crippen LogP contribution in [0.3, 0.4) is 0 Å². The lowest BCUT2D eigenvalue weighted by Crippen LogP contribution is -2.76. The number of β-lactam (4-membered cyclic amide) rings is 1. The van der Waals surface area contributed by atoms with Gasteiger partial charge in [0.25, 0.3) is 17.6 Å². The normalized spacial score (nSPS) is 19.3. The van der Waals surface area contributed by atoms with Crippen molar-refractivity contribution in [3.63, 3.8) is 0 Å². The van der Waals surface area contributed by atoms with E-state index in [0.29, 0.717) is 31.8 Å². The molecule has 0 bridgehead atoms. The Morgan fingerprint density at radius 1 is 1.27 bits per heavy atom. The Labute approximate surface area is 287 Å². The zero-order chi connectivity index (χ0) is 34.6. The van der Waals surface area contributed by atoms with Crippen LogP contribution in [-0.4, -0.2) is 77.6 Å². The molecular formula is C31H42N9O6S2+. The molecule has 2 amide bonds. The van der Waals surface area contributed by atoms with Gasteiger partial charge in [0, 0.05) is 30.1 Å². The summed E-state index contributed by atoms with van der Waals surface area (Å²) in [5.41, 5.74) is 19.9. The van der Waals surface area contributed by atoms with Gasteiger partial charge in [-0.05, 0) is 62.9 Å². The summed E-state index contributed by atoms with van der Waals surface area (Å²) >= 11 is 1.81. The predicted octanol–water partition coefficient (Wildman–Crippen LogP) is 1.66. The largest absolute Gasteiger partial charge is 0.486 e. The second-order valence-electron chi connectivity index (χ2n) is 12.1. The zero-order valence-electron chi connectivity index (χ0n) is 27.5. The standard InChI is InChI=1S/C31H41N9O6S2/c1-17(45-38-26(22-16-47-30(34)36-22)28(41)37-27-29(42)40(31(27,2)3)46-48-43-5)23-9-7-19-12-18(6-10-24(19)44-23)20-8-11-25(39(4)15-20)35-21(13-32)14-33/h6,8,10-12,15-17,21,23,27H,7,9,13-14,32-33H2,1-5H3,(H3,34,36,37,41)/p+1/b38-26-. The molecule has 5 rings (SSSR count). The Hall–Kier alpha value is -4.00. The number of fused-ring (bicyclic) bond motifs is 1. The molecule has 8 N–H and O–H groups in total. The number of nitrogens with zero attached hydrogens (tertiary/aromatic N) is 4. The average Bonchev–Trinajstić information content (AvgIpc) is 3.51. The molecule has 1 fully saturated rings. The number of nitrogen functional groups attached to an aromatic ring is 1. The molecule has 0 spiro atoms. The van der Waals surface area contributed by atoms with Gasteiger partial charge in [0.15, 0.2) is 29.3 Å². The molecule has 0 saturated carbocycles. The van der Waals surface area contributed by atoms with Crippen LogP contribution in [0.25, 0.3) is 11.1 Å². The van der Waals surface area contributed by atoms with Crippen molar-refractivity contribution in [2.24, 2.45) is 23.7 Å². The van der Waals surface area contributed by atoms with Gasteiger partial charge in [-0.25, -0.2) is 9.55 Å². The van der Waals surface area contributed by atoms with Crippen LogP contribution in [0.2, 0.25) is 0 Å². The van der Waals surface area contributed by atoms with Crippen LogP contribution in [0.15, 0.2) is 47.1 Å². The Bertz CT molecular complexity index is 1660. The number of hydroxylamine groups is 2. The molecule has 48 heavy (non-hydrogen) atoms. The number of oxime groups is 1. The molecule has 2 aliphatic rings. The molecule has 0 radical (unpaired) electrons. The summed E-state index contributed by atoms with van der Waals surface area (Å²) in [5.74, 6) is 0.613. The van der Waals surface area contributed by atoms with Gasteiger partial charge in [0.2, 0.25) is 0 Å². The maximum absolute atomic E-state index is 13.4. The van der Waals surface area contributed by atoms with E-state index in [1.54, 1.807) is 19.2 Å². The number of benzene rings is 1. The Morgan fingerprint density at radius 3 is 2.67 bits per heavy atom. The van der Waals surface area contributed by atoms with Crippen molar-refractivity contribution < 1.29 is 32.2 Å². The van der Waals surface area contributed by atoms with Crippen LogP contribution < -0.4 is 37.1 Å². The fourth-order valence-electron chi connectivity index (χ4n) is 5.46. The Morgan fingerprint density at radius 2 is 2.02 bits per heavy atom. The minimum atomic E-state index is -0.874. The van der Waals surface area contributed by atoms with E-state index in [2.05, 4.69) is 39.1 Å². The van der Waals surface area contributed by atoms with Crippen molar-refractivity contribution in [3.8, 4) is 16.9 Å². The van der Waals surface area contributed by atoms with Gasteiger partial charge in [-0.1, -0.05) is 11.2 Å². The monoisotopic (exact) mass is 700 g/mol. The van der Waals surface area contributed by atoms with E-state index in [-0.39, 0.29) is 28.7 Å². The van der Waals surface area contributed by atoms with Crippen LogP contribution in [0, 0.1) is 0 Å². The Balaban J connectivity index is 1.25. The zero-order valence-corrected chi connectivity index (χ0v) is 29.1. The summed E-state index contributed by atoms with van der Waals surface area (Å²) in [4.78, 5) is 36.2. The molecule has 1 aromatic carbocycles. The molecule has 3 unspecified atom stereocenters. The number of nitrogens with two attached hydrogens (primary N) is 3. The average molecular weight is 701 g/mol. The van der Waals surface area contributed by atoms with Crippen LogP contribution >= 0.6 is 23.7 Å². The highest BCUT2D eigenvalue weighted by Crippen LogP contribution is 2.35. The number of anilines is 2. The van der Waals surface area contributed by atoms with Crippen molar-refractivity contribution in [1.29, 1.82) is 0 Å². The van der Waals surface area contributed by atoms with Gasteiger partial charge in [-0.2, -0.15) is 9.35 Å². The number of nitrogens with one attached hydrogen (secondary N) is 2. The predicted molar refractivity (Wildman–Crippen MR) is 183 cm³/mol. The van der Waals surface area contributed by atoms with Gasteiger partial charge >= 0.3 is 0 Å². The minimum absolute atomic E-state index is 0.000847. The number of ether oxygens (including phenoxy) is 1. The summed E-state index contributed by atoms with van der Waals surface area (Å²) in [6.07, 6.45) is 2.66. The fourth-order valence-corrected chi connectivity index (χ4v) is 6.40. The third-order valence-electron chi connectivity index (χ3n) is 8.36. The molecule has 15 nitrogen and oxygen atoms in total. The molecule has 1 saturated heterocycles. The number of carbonyl (C=O) groups excluding carboxylic acids is 2. The molecule has 2 aromatic heterocycles. The molecule has 4 heterocycles. The lowest BCUT2D eigenvalue weighted by molar-refractivity contribution is -0.656. The third-order valence-corrected chi connectivity index (χ3v) is 9.38. The molecule has 258 valence electrons. The summed E-state index contributed by atoms with van der Waals surface area (Å²) in [6.45, 7) is 6.23. The molecule has 3 aromatic rings. The molecule has 2 aliphatic heterocycles. The van der Waals surface area contributed by atoms with E-state index in [0.717, 1.165) is 51.1 Å². The van der Waals surface area contributed by atoms with E-state index in [1.807, 2.05) is 36.7 Å². The number of pyridine rings is 1. The summed E-state index contributed by atoms with van der Waals surface area (Å²) in [5, 5.41) is 13.3. The Kier molecular flexibility index (Phi) is 11.1. The van der Waals surface area contributed by atoms with Crippen LogP contribution in [-0.2, 0) is 36.4 Å². The smallest absolute Gasteiger partial charge is 0.276 e. The van der Waals surface area contributed by atoms with Crippen molar-refractivity contribution >= 4 is 52.1 Å². The van der Waals surface area contributed by atoms with Gasteiger partial charge in [0.1, 0.15) is 29.6 Å². The third kappa shape index (κ3) is 7.50.